The van der Waals surface area contributed by atoms with Gasteiger partial charge in [0.15, 0.2) is 0 Å². The van der Waals surface area contributed by atoms with Gasteiger partial charge in [-0.2, -0.15) is 0 Å². The van der Waals surface area contributed by atoms with Gasteiger partial charge in [0.1, 0.15) is 18.3 Å². The maximum Gasteiger partial charge on any atom is 0.264 e. The lowest BCUT2D eigenvalue weighted by Crippen LogP contribution is -2.54. The van der Waals surface area contributed by atoms with Crippen LogP contribution in [0.25, 0.3) is 0 Å². The van der Waals surface area contributed by atoms with Crippen LogP contribution < -0.4 is 14.4 Å². The zero-order valence-electron chi connectivity index (χ0n) is 27.6. The number of ether oxygens (including phenoxy) is 1. The smallest absolute Gasteiger partial charge is 0.264 e. The summed E-state index contributed by atoms with van der Waals surface area (Å²) in [6.45, 7) is 3.47. The summed E-state index contributed by atoms with van der Waals surface area (Å²) in [5, 5.41) is 3.83. The zero-order chi connectivity index (χ0) is 35.0. The third kappa shape index (κ3) is 9.15. The van der Waals surface area contributed by atoms with E-state index in [0.29, 0.717) is 33.7 Å². The van der Waals surface area contributed by atoms with Crippen LogP contribution in [0.1, 0.15) is 49.3 Å². The first-order valence-electron chi connectivity index (χ1n) is 16.5. The highest BCUT2D eigenvalue weighted by molar-refractivity contribution is 7.92. The number of sulfonamides is 1. The zero-order valence-corrected chi connectivity index (χ0v) is 30.0. The fourth-order valence-corrected chi connectivity index (χ4v) is 7.95. The summed E-state index contributed by atoms with van der Waals surface area (Å²) in [5.41, 5.74) is 2.53. The molecule has 8 nitrogen and oxygen atoms in total. The summed E-state index contributed by atoms with van der Waals surface area (Å²) in [5.74, 6) is -0.378. The number of carbonyl (C=O) groups excluding carboxylic acids is 2. The molecular weight excluding hydrogens is 681 g/mol. The molecule has 258 valence electrons. The van der Waals surface area contributed by atoms with Gasteiger partial charge in [-0.3, -0.25) is 13.9 Å². The van der Waals surface area contributed by atoms with Crippen LogP contribution in [0, 0.1) is 6.92 Å². The Morgan fingerprint density at radius 1 is 0.878 bits per heavy atom. The molecule has 0 saturated heterocycles. The second-order valence-corrected chi connectivity index (χ2v) is 14.8. The van der Waals surface area contributed by atoms with Gasteiger partial charge in [-0.05, 0) is 80.8 Å². The van der Waals surface area contributed by atoms with Gasteiger partial charge in [0, 0.05) is 34.6 Å². The number of benzene rings is 4. The molecule has 5 rings (SSSR count). The number of rotatable bonds is 14. The first-order valence-corrected chi connectivity index (χ1v) is 18.7. The van der Waals surface area contributed by atoms with E-state index >= 15 is 0 Å². The molecule has 1 aliphatic rings. The molecule has 49 heavy (non-hydrogen) atoms. The van der Waals surface area contributed by atoms with Gasteiger partial charge in [-0.1, -0.05) is 90.1 Å². The van der Waals surface area contributed by atoms with Crippen LogP contribution in [-0.2, 0) is 32.6 Å². The Balaban J connectivity index is 1.58. The monoisotopic (exact) mass is 721 g/mol. The van der Waals surface area contributed by atoms with Crippen molar-refractivity contribution in [1.29, 1.82) is 0 Å². The molecule has 0 unspecified atom stereocenters. The van der Waals surface area contributed by atoms with Crippen molar-refractivity contribution in [3.63, 3.8) is 0 Å². The third-order valence-electron chi connectivity index (χ3n) is 8.69. The maximum absolute atomic E-state index is 14.7. The van der Waals surface area contributed by atoms with Crippen LogP contribution in [0.4, 0.5) is 5.69 Å². The minimum Gasteiger partial charge on any atom is -0.494 e. The molecule has 4 aromatic rings. The Labute approximate surface area is 299 Å². The summed E-state index contributed by atoms with van der Waals surface area (Å²) in [7, 11) is -4.26. The highest BCUT2D eigenvalue weighted by Gasteiger charge is 2.36. The van der Waals surface area contributed by atoms with E-state index in [-0.39, 0.29) is 29.8 Å². The quantitative estimate of drug-likeness (QED) is 0.145. The van der Waals surface area contributed by atoms with Gasteiger partial charge >= 0.3 is 0 Å². The lowest BCUT2D eigenvalue weighted by atomic mass is 10.0. The fraction of sp³-hybridized carbons (Fsp3) is 0.316. The van der Waals surface area contributed by atoms with Crippen molar-refractivity contribution < 1.29 is 22.7 Å². The average Bonchev–Trinajstić information content (AvgIpc) is 3.60. The van der Waals surface area contributed by atoms with E-state index in [9.17, 15) is 18.0 Å². The van der Waals surface area contributed by atoms with Crippen LogP contribution in [0.5, 0.6) is 5.75 Å². The molecule has 2 amide bonds. The number of carbonyl (C=O) groups is 2. The second-order valence-electron chi connectivity index (χ2n) is 12.2. The SMILES string of the molecule is CCOc1ccc(S(=O)(=O)N(CC(=O)N(Cc2c(Cl)cccc2Cl)[C@H](Cc2ccccc2)C(=O)NC2CCCC2)c2ccc(C)cc2)cc1. The average molecular weight is 723 g/mol. The highest BCUT2D eigenvalue weighted by atomic mass is 35.5. The third-order valence-corrected chi connectivity index (χ3v) is 11.2. The molecule has 4 aromatic carbocycles. The summed E-state index contributed by atoms with van der Waals surface area (Å²) >= 11 is 13.2. The van der Waals surface area contributed by atoms with Gasteiger partial charge in [-0.15, -0.1) is 0 Å². The molecule has 1 N–H and O–H groups in total. The van der Waals surface area contributed by atoms with Gasteiger partial charge in [0.25, 0.3) is 10.0 Å². The molecule has 11 heteroatoms. The van der Waals surface area contributed by atoms with E-state index in [0.717, 1.165) is 41.1 Å². The van der Waals surface area contributed by atoms with Gasteiger partial charge in [0.05, 0.1) is 17.2 Å². The summed E-state index contributed by atoms with van der Waals surface area (Å²) in [4.78, 5) is 30.3. The molecule has 0 aliphatic heterocycles. The predicted octanol–water partition coefficient (Wildman–Crippen LogP) is 7.59. The Bertz CT molecular complexity index is 1810. The summed E-state index contributed by atoms with van der Waals surface area (Å²) in [6.07, 6.45) is 3.94. The van der Waals surface area contributed by atoms with E-state index in [1.807, 2.05) is 44.2 Å². The lowest BCUT2D eigenvalue weighted by molar-refractivity contribution is -0.140. The number of hydrogen-bond acceptors (Lipinski definition) is 5. The largest absolute Gasteiger partial charge is 0.494 e. The van der Waals surface area contributed by atoms with E-state index in [4.69, 9.17) is 27.9 Å². The number of amides is 2. The molecule has 0 bridgehead atoms. The molecule has 0 spiro atoms. The van der Waals surface area contributed by atoms with Crippen LogP contribution in [-0.4, -0.2) is 50.4 Å². The molecule has 1 saturated carbocycles. The molecule has 0 heterocycles. The Kier molecular flexibility index (Phi) is 12.3. The topological polar surface area (TPSA) is 96.0 Å². The van der Waals surface area contributed by atoms with Crippen molar-refractivity contribution in [3.05, 3.63) is 124 Å². The number of halogens is 2. The van der Waals surface area contributed by atoms with Crippen LogP contribution in [0.3, 0.4) is 0 Å². The molecule has 1 aliphatic carbocycles. The minimum absolute atomic E-state index is 0.00396. The highest BCUT2D eigenvalue weighted by Crippen LogP contribution is 2.30. The van der Waals surface area contributed by atoms with Gasteiger partial charge in [-0.25, -0.2) is 8.42 Å². The van der Waals surface area contributed by atoms with Crippen molar-refractivity contribution >= 4 is 50.7 Å². The first kappa shape index (κ1) is 36.2. The molecular formula is C38H41Cl2N3O5S. The lowest BCUT2D eigenvalue weighted by Gasteiger charge is -2.34. The van der Waals surface area contributed by atoms with Crippen molar-refractivity contribution in [2.24, 2.45) is 0 Å². The molecule has 0 radical (unpaired) electrons. The fourth-order valence-electron chi connectivity index (χ4n) is 6.02. The standard InChI is InChI=1S/C38H41Cl2N3O5S/c1-3-48-31-20-22-32(23-21-31)49(46,47)43(30-18-16-27(2)17-19-30)26-37(44)42(25-33-34(39)14-9-15-35(33)40)36(24-28-10-5-4-6-11-28)38(45)41-29-12-7-8-13-29/h4-6,9-11,14-23,29,36H,3,7-8,12-13,24-26H2,1-2H3,(H,41,45)/t36-/m1/s1. The summed E-state index contributed by atoms with van der Waals surface area (Å²) < 4.78 is 35.3. The van der Waals surface area contributed by atoms with Crippen molar-refractivity contribution in [2.75, 3.05) is 17.5 Å². The number of aryl methyl sites for hydroxylation is 1. The van der Waals surface area contributed by atoms with Crippen molar-refractivity contribution in [1.82, 2.24) is 10.2 Å². The Morgan fingerprint density at radius 2 is 1.51 bits per heavy atom. The molecule has 1 fully saturated rings. The predicted molar refractivity (Wildman–Crippen MR) is 195 cm³/mol. The van der Waals surface area contributed by atoms with Crippen LogP contribution in [0.2, 0.25) is 10.0 Å². The number of nitrogens with one attached hydrogen (secondary N) is 1. The normalized spacial score (nSPS) is 13.9. The van der Waals surface area contributed by atoms with Crippen molar-refractivity contribution in [2.45, 2.75) is 69.5 Å². The first-order chi connectivity index (χ1) is 23.6. The van der Waals surface area contributed by atoms with E-state index in [1.54, 1.807) is 54.6 Å². The van der Waals surface area contributed by atoms with E-state index < -0.39 is 28.5 Å². The van der Waals surface area contributed by atoms with Crippen LogP contribution in [0.15, 0.2) is 102 Å². The van der Waals surface area contributed by atoms with Gasteiger partial charge < -0.3 is 15.0 Å². The Morgan fingerprint density at radius 3 is 2.12 bits per heavy atom. The molecule has 1 atom stereocenters. The number of hydrogen-bond donors (Lipinski definition) is 1. The summed E-state index contributed by atoms with van der Waals surface area (Å²) in [6, 6.07) is 26.5. The maximum atomic E-state index is 14.7. The van der Waals surface area contributed by atoms with E-state index in [1.165, 1.54) is 17.0 Å². The van der Waals surface area contributed by atoms with Crippen LogP contribution >= 0.6 is 23.2 Å². The minimum atomic E-state index is -4.26. The number of nitrogens with zero attached hydrogens (tertiary/aromatic N) is 2. The van der Waals surface area contributed by atoms with E-state index in [2.05, 4.69) is 5.32 Å². The molecule has 0 aromatic heterocycles. The van der Waals surface area contributed by atoms with Crippen molar-refractivity contribution in [3.8, 4) is 5.75 Å². The van der Waals surface area contributed by atoms with Gasteiger partial charge in [0.2, 0.25) is 11.8 Å². The Hall–Kier alpha value is -4.05. The second kappa shape index (κ2) is 16.6. The number of anilines is 1.